The van der Waals surface area contributed by atoms with Gasteiger partial charge in [-0.05, 0) is 42.0 Å². The van der Waals surface area contributed by atoms with Crippen molar-refractivity contribution in [2.45, 2.75) is 0 Å². The molecule has 6 heteroatoms. The SMILES string of the molecule is COc1ccc(/C=C/C(=O)Nc2cccc(Cl)c2)c(Cl)c1O. The molecule has 0 spiro atoms. The Morgan fingerprint density at radius 3 is 2.73 bits per heavy atom. The summed E-state index contributed by atoms with van der Waals surface area (Å²) in [6.45, 7) is 0. The van der Waals surface area contributed by atoms with Crippen molar-refractivity contribution in [1.29, 1.82) is 0 Å². The van der Waals surface area contributed by atoms with Crippen molar-refractivity contribution in [2.24, 2.45) is 0 Å². The Morgan fingerprint density at radius 1 is 1.27 bits per heavy atom. The minimum absolute atomic E-state index is 0.117. The van der Waals surface area contributed by atoms with Crippen LogP contribution in [0, 0.1) is 0 Å². The normalized spacial score (nSPS) is 10.7. The van der Waals surface area contributed by atoms with E-state index in [4.69, 9.17) is 27.9 Å². The maximum absolute atomic E-state index is 11.8. The first-order chi connectivity index (χ1) is 10.5. The minimum Gasteiger partial charge on any atom is -0.503 e. The molecule has 0 heterocycles. The Balaban J connectivity index is 2.11. The van der Waals surface area contributed by atoms with Gasteiger partial charge in [-0.25, -0.2) is 0 Å². The maximum Gasteiger partial charge on any atom is 0.248 e. The number of amides is 1. The highest BCUT2D eigenvalue weighted by molar-refractivity contribution is 6.34. The molecule has 0 aliphatic carbocycles. The molecule has 2 aromatic rings. The number of rotatable bonds is 4. The lowest BCUT2D eigenvalue weighted by atomic mass is 10.2. The van der Waals surface area contributed by atoms with Gasteiger partial charge in [0.05, 0.1) is 12.1 Å². The number of carbonyl (C=O) groups is 1. The van der Waals surface area contributed by atoms with E-state index < -0.39 is 0 Å². The van der Waals surface area contributed by atoms with Crippen LogP contribution < -0.4 is 10.1 Å². The Hall–Kier alpha value is -2.17. The van der Waals surface area contributed by atoms with Crippen molar-refractivity contribution in [1.82, 2.24) is 0 Å². The average molecular weight is 338 g/mol. The molecule has 0 saturated heterocycles. The van der Waals surface area contributed by atoms with Crippen molar-refractivity contribution in [3.63, 3.8) is 0 Å². The van der Waals surface area contributed by atoms with Crippen molar-refractivity contribution in [2.75, 3.05) is 12.4 Å². The number of benzene rings is 2. The Morgan fingerprint density at radius 2 is 2.05 bits per heavy atom. The topological polar surface area (TPSA) is 58.6 Å². The number of phenols is 1. The van der Waals surface area contributed by atoms with Crippen molar-refractivity contribution >= 4 is 40.9 Å². The molecule has 2 aromatic carbocycles. The number of anilines is 1. The zero-order chi connectivity index (χ0) is 16.1. The molecule has 0 saturated carbocycles. The minimum atomic E-state index is -0.339. The lowest BCUT2D eigenvalue weighted by Gasteiger charge is -2.07. The Labute approximate surface area is 137 Å². The summed E-state index contributed by atoms with van der Waals surface area (Å²) in [5.41, 5.74) is 1.09. The number of phenolic OH excluding ortho intramolecular Hbond substituents is 1. The van der Waals surface area contributed by atoms with Gasteiger partial charge in [-0.1, -0.05) is 29.3 Å². The zero-order valence-electron chi connectivity index (χ0n) is 11.6. The van der Waals surface area contributed by atoms with E-state index in [2.05, 4.69) is 5.32 Å². The second-order valence-corrected chi connectivity index (χ2v) is 5.17. The van der Waals surface area contributed by atoms with Crippen LogP contribution in [0.25, 0.3) is 6.08 Å². The highest BCUT2D eigenvalue weighted by Crippen LogP contribution is 2.36. The van der Waals surface area contributed by atoms with E-state index in [9.17, 15) is 9.90 Å². The third-order valence-electron chi connectivity index (χ3n) is 2.84. The number of halogens is 2. The maximum atomic E-state index is 11.8. The summed E-state index contributed by atoms with van der Waals surface area (Å²) in [6.07, 6.45) is 2.81. The van der Waals surface area contributed by atoms with Gasteiger partial charge in [0.2, 0.25) is 5.91 Å². The van der Waals surface area contributed by atoms with E-state index in [-0.39, 0.29) is 22.4 Å². The van der Waals surface area contributed by atoms with Crippen molar-refractivity contribution < 1.29 is 14.6 Å². The van der Waals surface area contributed by atoms with Crippen LogP contribution in [0.4, 0.5) is 5.69 Å². The van der Waals surface area contributed by atoms with Gasteiger partial charge in [-0.3, -0.25) is 4.79 Å². The number of methoxy groups -OCH3 is 1. The van der Waals surface area contributed by atoms with Crippen molar-refractivity contribution in [3.05, 3.63) is 58.1 Å². The third kappa shape index (κ3) is 3.93. The molecular formula is C16H13Cl2NO3. The molecule has 0 atom stereocenters. The smallest absolute Gasteiger partial charge is 0.248 e. The van der Waals surface area contributed by atoms with E-state index in [1.54, 1.807) is 36.4 Å². The summed E-state index contributed by atoms with van der Waals surface area (Å²) < 4.78 is 4.95. The average Bonchev–Trinajstić information content (AvgIpc) is 2.49. The number of ether oxygens (including phenoxy) is 1. The summed E-state index contributed by atoms with van der Waals surface area (Å²) in [6, 6.07) is 10.0. The fourth-order valence-corrected chi connectivity index (χ4v) is 2.18. The monoisotopic (exact) mass is 337 g/mol. The molecule has 0 fully saturated rings. The highest BCUT2D eigenvalue weighted by Gasteiger charge is 2.09. The fourth-order valence-electron chi connectivity index (χ4n) is 1.77. The molecule has 0 aliphatic heterocycles. The molecule has 0 radical (unpaired) electrons. The lowest BCUT2D eigenvalue weighted by Crippen LogP contribution is -2.07. The van der Waals surface area contributed by atoms with Crippen molar-refractivity contribution in [3.8, 4) is 11.5 Å². The fraction of sp³-hybridized carbons (Fsp3) is 0.0625. The van der Waals surface area contributed by atoms with E-state index in [1.165, 1.54) is 19.3 Å². The summed E-state index contributed by atoms with van der Waals surface area (Å²) in [4.78, 5) is 11.8. The van der Waals surface area contributed by atoms with Crippen LogP contribution >= 0.6 is 23.2 Å². The van der Waals surface area contributed by atoms with Crippen LogP contribution in [0.3, 0.4) is 0 Å². The number of aromatic hydroxyl groups is 1. The molecule has 0 unspecified atom stereocenters. The van der Waals surface area contributed by atoms with Gasteiger partial charge in [0, 0.05) is 16.8 Å². The Kier molecular flexibility index (Phi) is 5.31. The lowest BCUT2D eigenvalue weighted by molar-refractivity contribution is -0.111. The Bertz CT molecular complexity index is 729. The largest absolute Gasteiger partial charge is 0.503 e. The van der Waals surface area contributed by atoms with E-state index in [0.29, 0.717) is 16.3 Å². The summed E-state index contributed by atoms with van der Waals surface area (Å²) in [5.74, 6) is -0.235. The number of nitrogens with one attached hydrogen (secondary N) is 1. The van der Waals surface area contributed by atoms with Gasteiger partial charge in [0.1, 0.15) is 0 Å². The van der Waals surface area contributed by atoms with Crippen LogP contribution in [-0.2, 0) is 4.79 Å². The zero-order valence-corrected chi connectivity index (χ0v) is 13.2. The van der Waals surface area contributed by atoms with Gasteiger partial charge < -0.3 is 15.2 Å². The number of hydrogen-bond donors (Lipinski definition) is 2. The van der Waals surface area contributed by atoms with E-state index in [0.717, 1.165) is 0 Å². The molecular weight excluding hydrogens is 325 g/mol. The first-order valence-corrected chi connectivity index (χ1v) is 7.07. The number of hydrogen-bond acceptors (Lipinski definition) is 3. The molecule has 114 valence electrons. The molecule has 1 amide bonds. The van der Waals surface area contributed by atoms with E-state index in [1.807, 2.05) is 0 Å². The van der Waals surface area contributed by atoms with Crippen LogP contribution in [0.5, 0.6) is 11.5 Å². The molecule has 4 nitrogen and oxygen atoms in total. The van der Waals surface area contributed by atoms with Gasteiger partial charge in [0.25, 0.3) is 0 Å². The quantitative estimate of drug-likeness (QED) is 0.815. The molecule has 0 aliphatic rings. The summed E-state index contributed by atoms with van der Waals surface area (Å²) >= 11 is 11.9. The van der Waals surface area contributed by atoms with Crippen LogP contribution in [0.2, 0.25) is 10.0 Å². The first-order valence-electron chi connectivity index (χ1n) is 6.31. The van der Waals surface area contributed by atoms with Gasteiger partial charge in [-0.2, -0.15) is 0 Å². The molecule has 2 rings (SSSR count). The van der Waals surface area contributed by atoms with Crippen LogP contribution in [0.1, 0.15) is 5.56 Å². The van der Waals surface area contributed by atoms with E-state index >= 15 is 0 Å². The number of carbonyl (C=O) groups excluding carboxylic acids is 1. The molecule has 2 N–H and O–H groups in total. The molecule has 0 aromatic heterocycles. The van der Waals surface area contributed by atoms with Gasteiger partial charge in [0.15, 0.2) is 11.5 Å². The molecule has 22 heavy (non-hydrogen) atoms. The highest BCUT2D eigenvalue weighted by atomic mass is 35.5. The first kappa shape index (κ1) is 16.2. The van der Waals surface area contributed by atoms with Crippen LogP contribution in [0.15, 0.2) is 42.5 Å². The molecule has 0 bridgehead atoms. The summed E-state index contributed by atoms with van der Waals surface area (Å²) in [5, 5.41) is 13.1. The third-order valence-corrected chi connectivity index (χ3v) is 3.47. The van der Waals surface area contributed by atoms with Gasteiger partial charge >= 0.3 is 0 Å². The van der Waals surface area contributed by atoms with Crippen LogP contribution in [-0.4, -0.2) is 18.1 Å². The second kappa shape index (κ2) is 7.20. The predicted molar refractivity (Wildman–Crippen MR) is 88.8 cm³/mol. The second-order valence-electron chi connectivity index (χ2n) is 4.35. The van der Waals surface area contributed by atoms with Gasteiger partial charge in [-0.15, -0.1) is 0 Å². The standard InChI is InChI=1S/C16H13Cl2NO3/c1-22-13-7-5-10(15(18)16(13)21)6-8-14(20)19-12-4-2-3-11(17)9-12/h2-9,21H,1H3,(H,19,20)/b8-6+. The summed E-state index contributed by atoms with van der Waals surface area (Å²) in [7, 11) is 1.43. The predicted octanol–water partition coefficient (Wildman–Crippen LogP) is 4.36.